The van der Waals surface area contributed by atoms with Crippen molar-refractivity contribution in [1.29, 1.82) is 0 Å². The van der Waals surface area contributed by atoms with Crippen molar-refractivity contribution in [1.82, 2.24) is 5.32 Å². The lowest BCUT2D eigenvalue weighted by molar-refractivity contribution is -0.307. The summed E-state index contributed by atoms with van der Waals surface area (Å²) in [4.78, 5) is 13.6. The SMILES string of the molecule is C/C=C\C=C\[C@@H](C[C@@H]1O[C@](O)(C[C@@H](O)C(C)C)C[C@H](O)[C@H]1C(=O)N[C@H](CO)C(C)(C)C)OC1OC(C)C(O)C(N)C1O. The lowest BCUT2D eigenvalue weighted by Gasteiger charge is -2.46. The molecule has 2 heterocycles. The fourth-order valence-corrected chi connectivity index (χ4v) is 5.20. The third kappa shape index (κ3) is 9.78. The van der Waals surface area contributed by atoms with Gasteiger partial charge in [0.25, 0.3) is 0 Å². The average molecular weight is 603 g/mol. The minimum Gasteiger partial charge on any atom is -0.394 e. The molecule has 5 unspecified atom stereocenters. The smallest absolute Gasteiger partial charge is 0.228 e. The number of carbonyl (C=O) groups is 1. The van der Waals surface area contributed by atoms with E-state index in [2.05, 4.69) is 5.32 Å². The number of hydrogen-bond acceptors (Lipinski definition) is 11. The molecule has 0 bridgehead atoms. The van der Waals surface area contributed by atoms with E-state index < -0.39 is 84.1 Å². The summed E-state index contributed by atoms with van der Waals surface area (Å²) in [7, 11) is 0. The zero-order chi connectivity index (χ0) is 32.0. The lowest BCUT2D eigenvalue weighted by Crippen LogP contribution is -2.62. The minimum atomic E-state index is -1.94. The third-order valence-corrected chi connectivity index (χ3v) is 8.16. The summed E-state index contributed by atoms with van der Waals surface area (Å²) >= 11 is 0. The van der Waals surface area contributed by atoms with E-state index in [1.165, 1.54) is 0 Å². The van der Waals surface area contributed by atoms with E-state index in [0.717, 1.165) is 0 Å². The molecule has 9 N–H and O–H groups in total. The predicted octanol–water partition coefficient (Wildman–Crippen LogP) is 0.0727. The van der Waals surface area contributed by atoms with Crippen LogP contribution in [0.3, 0.4) is 0 Å². The first-order valence-corrected chi connectivity index (χ1v) is 14.8. The first kappa shape index (κ1) is 36.7. The number of rotatable bonds is 12. The van der Waals surface area contributed by atoms with Gasteiger partial charge < -0.3 is 55.9 Å². The molecule has 2 rings (SSSR count). The molecule has 12 heteroatoms. The number of nitrogens with two attached hydrogens (primary N) is 1. The first-order valence-electron chi connectivity index (χ1n) is 14.8. The van der Waals surface area contributed by atoms with E-state index in [9.17, 15) is 35.4 Å². The Labute approximate surface area is 249 Å². The van der Waals surface area contributed by atoms with Crippen LogP contribution in [0.2, 0.25) is 0 Å². The Morgan fingerprint density at radius 2 is 1.83 bits per heavy atom. The highest BCUT2D eigenvalue weighted by molar-refractivity contribution is 5.80. The van der Waals surface area contributed by atoms with Crippen LogP contribution in [-0.2, 0) is 19.0 Å². The number of nitrogens with one attached hydrogen (secondary N) is 1. The summed E-state index contributed by atoms with van der Waals surface area (Å²) in [5, 5.41) is 66.8. The number of aliphatic hydroxyl groups excluding tert-OH is 5. The fourth-order valence-electron chi connectivity index (χ4n) is 5.20. The first-order chi connectivity index (χ1) is 19.4. The molecular formula is C30H54N2O10. The number of allylic oxidation sites excluding steroid dienone is 3. The quantitative estimate of drug-likeness (QED) is 0.140. The van der Waals surface area contributed by atoms with Gasteiger partial charge in [-0.15, -0.1) is 0 Å². The Morgan fingerprint density at radius 1 is 1.19 bits per heavy atom. The summed E-state index contributed by atoms with van der Waals surface area (Å²) in [6.45, 7) is 12.3. The van der Waals surface area contributed by atoms with Crippen LogP contribution >= 0.6 is 0 Å². The molecule has 0 aromatic heterocycles. The molecule has 12 nitrogen and oxygen atoms in total. The van der Waals surface area contributed by atoms with Gasteiger partial charge in [0, 0.05) is 19.3 Å². The van der Waals surface area contributed by atoms with E-state index in [1.807, 2.05) is 27.7 Å². The number of aliphatic hydroxyl groups is 6. The van der Waals surface area contributed by atoms with Crippen LogP contribution in [0.5, 0.6) is 0 Å². The Hall–Kier alpha value is -1.45. The van der Waals surface area contributed by atoms with Crippen LogP contribution in [0.1, 0.15) is 67.7 Å². The maximum atomic E-state index is 13.6. The maximum Gasteiger partial charge on any atom is 0.228 e. The van der Waals surface area contributed by atoms with Gasteiger partial charge in [0.05, 0.1) is 61.2 Å². The average Bonchev–Trinajstić information content (AvgIpc) is 2.87. The third-order valence-electron chi connectivity index (χ3n) is 8.16. The van der Waals surface area contributed by atoms with Crippen LogP contribution in [-0.4, -0.2) is 110 Å². The second-order valence-corrected chi connectivity index (χ2v) is 13.1. The molecule has 2 aliphatic heterocycles. The normalized spacial score (nSPS) is 36.8. The molecule has 244 valence electrons. The molecule has 2 saturated heterocycles. The predicted molar refractivity (Wildman–Crippen MR) is 156 cm³/mol. The van der Waals surface area contributed by atoms with Crippen LogP contribution < -0.4 is 11.1 Å². The monoisotopic (exact) mass is 602 g/mol. The van der Waals surface area contributed by atoms with Crippen molar-refractivity contribution in [3.05, 3.63) is 24.3 Å². The highest BCUT2D eigenvalue weighted by atomic mass is 16.7. The maximum absolute atomic E-state index is 13.6. The van der Waals surface area contributed by atoms with Crippen LogP contribution in [0, 0.1) is 17.3 Å². The van der Waals surface area contributed by atoms with Crippen LogP contribution in [0.15, 0.2) is 24.3 Å². The van der Waals surface area contributed by atoms with Gasteiger partial charge in [-0.3, -0.25) is 4.79 Å². The van der Waals surface area contributed by atoms with Crippen molar-refractivity contribution in [3.63, 3.8) is 0 Å². The zero-order valence-corrected chi connectivity index (χ0v) is 26.0. The molecule has 0 aromatic carbocycles. The molecule has 2 aliphatic rings. The number of amides is 1. The summed E-state index contributed by atoms with van der Waals surface area (Å²) in [6, 6.07) is -1.65. The zero-order valence-electron chi connectivity index (χ0n) is 26.0. The molecular weight excluding hydrogens is 548 g/mol. The molecule has 1 amide bonds. The van der Waals surface area contributed by atoms with E-state index >= 15 is 0 Å². The topological polar surface area (TPSA) is 204 Å². The second-order valence-electron chi connectivity index (χ2n) is 13.1. The van der Waals surface area contributed by atoms with Crippen molar-refractivity contribution >= 4 is 5.91 Å². The van der Waals surface area contributed by atoms with E-state index in [-0.39, 0.29) is 31.8 Å². The van der Waals surface area contributed by atoms with Crippen LogP contribution in [0.25, 0.3) is 0 Å². The van der Waals surface area contributed by atoms with Gasteiger partial charge in [-0.05, 0) is 25.2 Å². The fraction of sp³-hybridized carbons (Fsp3) is 0.833. The van der Waals surface area contributed by atoms with E-state index in [4.69, 9.17) is 19.9 Å². The summed E-state index contributed by atoms with van der Waals surface area (Å²) < 4.78 is 17.9. The second kappa shape index (κ2) is 15.5. The molecule has 0 aromatic rings. The Bertz CT molecular complexity index is 909. The van der Waals surface area contributed by atoms with Gasteiger partial charge >= 0.3 is 0 Å². The van der Waals surface area contributed by atoms with E-state index in [0.29, 0.717) is 0 Å². The van der Waals surface area contributed by atoms with Gasteiger partial charge in [-0.2, -0.15) is 0 Å². The molecule has 0 radical (unpaired) electrons. The van der Waals surface area contributed by atoms with Crippen molar-refractivity contribution in [2.45, 2.75) is 135 Å². The molecule has 2 fully saturated rings. The van der Waals surface area contributed by atoms with Gasteiger partial charge in [-0.25, -0.2) is 0 Å². The number of hydrogen-bond donors (Lipinski definition) is 8. The summed E-state index contributed by atoms with van der Waals surface area (Å²) in [5.41, 5.74) is 5.50. The number of ether oxygens (including phenoxy) is 3. The van der Waals surface area contributed by atoms with Gasteiger partial charge in [0.1, 0.15) is 6.10 Å². The molecule has 0 spiro atoms. The number of carbonyl (C=O) groups excluding carboxylic acids is 1. The summed E-state index contributed by atoms with van der Waals surface area (Å²) in [5.74, 6) is -3.88. The van der Waals surface area contributed by atoms with Crippen molar-refractivity contribution < 1.29 is 49.6 Å². The van der Waals surface area contributed by atoms with Crippen LogP contribution in [0.4, 0.5) is 0 Å². The van der Waals surface area contributed by atoms with Crippen molar-refractivity contribution in [2.24, 2.45) is 23.0 Å². The Kier molecular flexibility index (Phi) is 13.6. The van der Waals surface area contributed by atoms with Gasteiger partial charge in [0.2, 0.25) is 5.91 Å². The minimum absolute atomic E-state index is 0.0681. The summed E-state index contributed by atoms with van der Waals surface area (Å²) in [6.07, 6.45) is -2.37. The Morgan fingerprint density at radius 3 is 2.38 bits per heavy atom. The lowest BCUT2D eigenvalue weighted by atomic mass is 9.81. The molecule has 0 saturated carbocycles. The highest BCUT2D eigenvalue weighted by Gasteiger charge is 2.51. The highest BCUT2D eigenvalue weighted by Crippen LogP contribution is 2.38. The molecule has 12 atom stereocenters. The molecule has 0 aliphatic carbocycles. The van der Waals surface area contributed by atoms with Gasteiger partial charge in [0.15, 0.2) is 12.1 Å². The van der Waals surface area contributed by atoms with Crippen molar-refractivity contribution in [2.75, 3.05) is 6.61 Å². The Balaban J connectivity index is 2.43. The standard InChI is InChI=1S/C30H54N2O10/c1-8-9-10-11-18(41-28-26(37)24(31)25(36)17(4)40-28)12-21-23(27(38)32-22(15-33)29(5,6)7)20(35)14-30(39,42-21)13-19(34)16(2)3/h8-11,16-26,28,33-37,39H,12-15,31H2,1-7H3,(H,32,38)/b9-8-,11-10+/t17?,18-,19+,20-,21-,22+,23+,24?,25?,26?,28?,30+/m0/s1. The largest absolute Gasteiger partial charge is 0.394 e. The molecule has 42 heavy (non-hydrogen) atoms. The van der Waals surface area contributed by atoms with Gasteiger partial charge in [-0.1, -0.05) is 58.9 Å². The van der Waals surface area contributed by atoms with Crippen molar-refractivity contribution in [3.8, 4) is 0 Å². The van der Waals surface area contributed by atoms with E-state index in [1.54, 1.807) is 45.1 Å².